The Morgan fingerprint density at radius 1 is 1.38 bits per heavy atom. The summed E-state index contributed by atoms with van der Waals surface area (Å²) in [5, 5.41) is 14.3. The van der Waals surface area contributed by atoms with Crippen LogP contribution in [0.3, 0.4) is 0 Å². The number of piperidine rings is 1. The molecule has 116 valence electrons. The monoisotopic (exact) mass is 291 g/mol. The van der Waals surface area contributed by atoms with E-state index in [1.54, 1.807) is 6.07 Å². The Morgan fingerprint density at radius 2 is 2.19 bits per heavy atom. The van der Waals surface area contributed by atoms with Gasteiger partial charge >= 0.3 is 0 Å². The van der Waals surface area contributed by atoms with Gasteiger partial charge in [0.25, 0.3) is 5.69 Å². The highest BCUT2D eigenvalue weighted by Gasteiger charge is 2.22. The highest BCUT2D eigenvalue weighted by atomic mass is 16.6. The molecule has 5 heteroatoms. The zero-order valence-electron chi connectivity index (χ0n) is 13.0. The van der Waals surface area contributed by atoms with E-state index < -0.39 is 0 Å². The molecule has 1 N–H and O–H groups in total. The molecule has 1 fully saturated rings. The summed E-state index contributed by atoms with van der Waals surface area (Å²) in [4.78, 5) is 13.4. The number of hydrogen-bond acceptors (Lipinski definition) is 4. The minimum Gasteiger partial charge on any atom is -0.380 e. The molecule has 0 radical (unpaired) electrons. The van der Waals surface area contributed by atoms with Crippen molar-refractivity contribution in [1.82, 2.24) is 4.90 Å². The zero-order valence-corrected chi connectivity index (χ0v) is 13.0. The fourth-order valence-electron chi connectivity index (χ4n) is 3.13. The Hall–Kier alpha value is -1.62. The van der Waals surface area contributed by atoms with Gasteiger partial charge in [-0.25, -0.2) is 0 Å². The molecule has 0 amide bonds. The second-order valence-corrected chi connectivity index (χ2v) is 5.67. The Kier molecular flexibility index (Phi) is 5.56. The summed E-state index contributed by atoms with van der Waals surface area (Å²) in [6.45, 7) is 6.76. The SMILES string of the molecule is CCNc1ccc(CN2CCCCC2CC)cc1[N+](=O)[O-]. The Morgan fingerprint density at radius 3 is 2.86 bits per heavy atom. The van der Waals surface area contributed by atoms with E-state index >= 15 is 0 Å². The third kappa shape index (κ3) is 3.94. The molecule has 1 aliphatic rings. The van der Waals surface area contributed by atoms with Crippen molar-refractivity contribution in [3.05, 3.63) is 33.9 Å². The van der Waals surface area contributed by atoms with Gasteiger partial charge in [-0.15, -0.1) is 0 Å². The number of rotatable bonds is 6. The van der Waals surface area contributed by atoms with Crippen LogP contribution in [0.25, 0.3) is 0 Å². The number of nitrogens with one attached hydrogen (secondary N) is 1. The lowest BCUT2D eigenvalue weighted by molar-refractivity contribution is -0.384. The molecule has 0 aliphatic carbocycles. The van der Waals surface area contributed by atoms with E-state index in [9.17, 15) is 10.1 Å². The van der Waals surface area contributed by atoms with E-state index in [2.05, 4.69) is 17.1 Å². The third-order valence-electron chi connectivity index (χ3n) is 4.23. The first-order valence-electron chi connectivity index (χ1n) is 7.91. The van der Waals surface area contributed by atoms with Crippen LogP contribution in [0.5, 0.6) is 0 Å². The van der Waals surface area contributed by atoms with Gasteiger partial charge in [0.15, 0.2) is 0 Å². The molecule has 1 aromatic carbocycles. The van der Waals surface area contributed by atoms with Crippen LogP contribution in [0.15, 0.2) is 18.2 Å². The molecule has 2 rings (SSSR count). The van der Waals surface area contributed by atoms with Crippen molar-refractivity contribution in [3.8, 4) is 0 Å². The van der Waals surface area contributed by atoms with Crippen LogP contribution < -0.4 is 5.32 Å². The smallest absolute Gasteiger partial charge is 0.292 e. The minimum absolute atomic E-state index is 0.180. The largest absolute Gasteiger partial charge is 0.380 e. The summed E-state index contributed by atoms with van der Waals surface area (Å²) in [5.74, 6) is 0. The summed E-state index contributed by atoms with van der Waals surface area (Å²) >= 11 is 0. The van der Waals surface area contributed by atoms with E-state index in [0.717, 1.165) is 25.1 Å². The second-order valence-electron chi connectivity index (χ2n) is 5.67. The highest BCUT2D eigenvalue weighted by Crippen LogP contribution is 2.28. The molecule has 0 bridgehead atoms. The molecule has 1 saturated heterocycles. The lowest BCUT2D eigenvalue weighted by Gasteiger charge is -2.35. The Balaban J connectivity index is 2.16. The lowest BCUT2D eigenvalue weighted by Crippen LogP contribution is -2.38. The van der Waals surface area contributed by atoms with Gasteiger partial charge in [-0.1, -0.05) is 19.4 Å². The van der Waals surface area contributed by atoms with Crippen molar-refractivity contribution in [2.24, 2.45) is 0 Å². The molecule has 1 aliphatic heterocycles. The van der Waals surface area contributed by atoms with Crippen LogP contribution in [0.2, 0.25) is 0 Å². The van der Waals surface area contributed by atoms with Gasteiger partial charge in [0, 0.05) is 25.2 Å². The number of hydrogen-bond donors (Lipinski definition) is 1. The lowest BCUT2D eigenvalue weighted by atomic mass is 9.99. The number of benzene rings is 1. The number of nitro groups is 1. The fraction of sp³-hybridized carbons (Fsp3) is 0.625. The molecule has 21 heavy (non-hydrogen) atoms. The maximum absolute atomic E-state index is 11.2. The molecule has 0 spiro atoms. The quantitative estimate of drug-likeness (QED) is 0.640. The maximum atomic E-state index is 11.2. The van der Waals surface area contributed by atoms with Crippen molar-refractivity contribution >= 4 is 11.4 Å². The van der Waals surface area contributed by atoms with Gasteiger partial charge in [0.1, 0.15) is 5.69 Å². The predicted molar refractivity (Wildman–Crippen MR) is 85.6 cm³/mol. The molecule has 1 aromatic rings. The van der Waals surface area contributed by atoms with E-state index in [1.165, 1.54) is 19.3 Å². The number of nitro benzene ring substituents is 1. The van der Waals surface area contributed by atoms with Crippen molar-refractivity contribution in [3.63, 3.8) is 0 Å². The molecular weight excluding hydrogens is 266 g/mol. The molecule has 1 heterocycles. The van der Waals surface area contributed by atoms with Gasteiger partial charge in [0.2, 0.25) is 0 Å². The topological polar surface area (TPSA) is 58.4 Å². The Bertz CT molecular complexity index is 490. The minimum atomic E-state index is -0.297. The van der Waals surface area contributed by atoms with Gasteiger partial charge < -0.3 is 5.32 Å². The van der Waals surface area contributed by atoms with Gasteiger partial charge in [-0.3, -0.25) is 15.0 Å². The predicted octanol–water partition coefficient (Wildman–Crippen LogP) is 3.79. The van der Waals surface area contributed by atoms with E-state index in [4.69, 9.17) is 0 Å². The normalized spacial score (nSPS) is 19.4. The summed E-state index contributed by atoms with van der Waals surface area (Å²) in [6, 6.07) is 6.18. The fourth-order valence-corrected chi connectivity index (χ4v) is 3.13. The molecular formula is C16H25N3O2. The summed E-state index contributed by atoms with van der Waals surface area (Å²) < 4.78 is 0. The van der Waals surface area contributed by atoms with Crippen molar-refractivity contribution in [1.29, 1.82) is 0 Å². The van der Waals surface area contributed by atoms with E-state index in [0.29, 0.717) is 18.3 Å². The summed E-state index contributed by atoms with van der Waals surface area (Å²) in [6.07, 6.45) is 4.92. The summed E-state index contributed by atoms with van der Waals surface area (Å²) in [5.41, 5.74) is 1.82. The van der Waals surface area contributed by atoms with Crippen LogP contribution in [0.1, 0.15) is 45.1 Å². The first-order chi connectivity index (χ1) is 10.2. The van der Waals surface area contributed by atoms with Crippen LogP contribution in [-0.4, -0.2) is 29.0 Å². The molecule has 1 atom stereocenters. The van der Waals surface area contributed by atoms with Gasteiger partial charge in [-0.05, 0) is 44.4 Å². The standard InChI is InChI=1S/C16H25N3O2/c1-3-14-7-5-6-10-18(14)12-13-8-9-15(17-4-2)16(11-13)19(20)21/h8-9,11,14,17H,3-7,10,12H2,1-2H3. The van der Waals surface area contributed by atoms with Crippen LogP contribution in [0.4, 0.5) is 11.4 Å². The molecule has 1 unspecified atom stereocenters. The van der Waals surface area contributed by atoms with Crippen LogP contribution >= 0.6 is 0 Å². The second kappa shape index (κ2) is 7.41. The first kappa shape index (κ1) is 15.8. The molecule has 5 nitrogen and oxygen atoms in total. The number of anilines is 1. The Labute approximate surface area is 126 Å². The first-order valence-corrected chi connectivity index (χ1v) is 7.91. The average molecular weight is 291 g/mol. The van der Waals surface area contributed by atoms with E-state index in [1.807, 2.05) is 19.1 Å². The van der Waals surface area contributed by atoms with Crippen molar-refractivity contribution < 1.29 is 4.92 Å². The van der Waals surface area contributed by atoms with Crippen molar-refractivity contribution in [2.45, 2.75) is 52.1 Å². The van der Waals surface area contributed by atoms with Crippen LogP contribution in [0, 0.1) is 10.1 Å². The number of nitrogens with zero attached hydrogens (tertiary/aromatic N) is 2. The van der Waals surface area contributed by atoms with Gasteiger partial charge in [-0.2, -0.15) is 0 Å². The third-order valence-corrected chi connectivity index (χ3v) is 4.23. The summed E-state index contributed by atoms with van der Waals surface area (Å²) in [7, 11) is 0. The molecule has 0 aromatic heterocycles. The molecule has 0 saturated carbocycles. The number of likely N-dealkylation sites (tertiary alicyclic amines) is 1. The average Bonchev–Trinajstić information content (AvgIpc) is 2.49. The van der Waals surface area contributed by atoms with Crippen LogP contribution in [-0.2, 0) is 6.54 Å². The van der Waals surface area contributed by atoms with E-state index in [-0.39, 0.29) is 10.6 Å². The van der Waals surface area contributed by atoms with Crippen molar-refractivity contribution in [2.75, 3.05) is 18.4 Å². The zero-order chi connectivity index (χ0) is 15.2. The van der Waals surface area contributed by atoms with Gasteiger partial charge in [0.05, 0.1) is 4.92 Å². The highest BCUT2D eigenvalue weighted by molar-refractivity contribution is 5.62. The maximum Gasteiger partial charge on any atom is 0.292 e.